The van der Waals surface area contributed by atoms with Crippen molar-refractivity contribution in [3.63, 3.8) is 0 Å². The number of hydrogen-bond donors (Lipinski definition) is 1. The molecule has 1 fully saturated rings. The number of nitrogens with zero attached hydrogens (tertiary/aromatic N) is 1. The summed E-state index contributed by atoms with van der Waals surface area (Å²) in [7, 11) is 0. The zero-order valence-electron chi connectivity index (χ0n) is 9.38. The Kier molecular flexibility index (Phi) is 3.82. The number of halogens is 3. The van der Waals surface area contributed by atoms with Crippen molar-refractivity contribution in [1.29, 1.82) is 0 Å². The second-order valence-electron chi connectivity index (χ2n) is 3.97. The summed E-state index contributed by atoms with van der Waals surface area (Å²) in [6.07, 6.45) is 1.19. The van der Waals surface area contributed by atoms with E-state index in [2.05, 4.69) is 0 Å². The van der Waals surface area contributed by atoms with Gasteiger partial charge in [-0.25, -0.2) is 9.18 Å². The molecule has 1 aromatic rings. The first kappa shape index (κ1) is 13.2. The maximum atomic E-state index is 13.6. The van der Waals surface area contributed by atoms with Crippen molar-refractivity contribution in [2.75, 3.05) is 18.8 Å². The quantitative estimate of drug-likeness (QED) is 0.638. The minimum absolute atomic E-state index is 0.000128. The van der Waals surface area contributed by atoms with E-state index in [1.165, 1.54) is 4.90 Å². The molecule has 1 aliphatic rings. The van der Waals surface area contributed by atoms with Gasteiger partial charge in [0, 0.05) is 19.2 Å². The molecule has 2 rings (SSSR count). The van der Waals surface area contributed by atoms with Crippen molar-refractivity contribution in [2.45, 2.75) is 12.8 Å². The molecule has 0 aliphatic carbocycles. The van der Waals surface area contributed by atoms with Gasteiger partial charge in [-0.2, -0.15) is 0 Å². The Hall–Kier alpha value is -1.20. The molecule has 0 unspecified atom stereocenters. The third-order valence-electron chi connectivity index (χ3n) is 2.70. The minimum Gasteiger partial charge on any atom is -0.405 e. The highest BCUT2D eigenvalue weighted by molar-refractivity contribution is 6.44. The van der Waals surface area contributed by atoms with Gasteiger partial charge >= 0.3 is 6.09 Å². The highest BCUT2D eigenvalue weighted by atomic mass is 35.5. The standard InChI is InChI=1S/C11H11Cl2FN2O2/c12-8-7(15)5-6(14)10(9(8)13)18-11(17)16-3-1-2-4-16/h5H,1-4,15H2. The zero-order chi connectivity index (χ0) is 13.3. The molecule has 98 valence electrons. The van der Waals surface area contributed by atoms with Crippen LogP contribution in [0.4, 0.5) is 14.9 Å². The predicted molar refractivity (Wildman–Crippen MR) is 67.7 cm³/mol. The fraction of sp³-hybridized carbons (Fsp3) is 0.364. The fourth-order valence-electron chi connectivity index (χ4n) is 1.74. The lowest BCUT2D eigenvalue weighted by molar-refractivity contribution is 0.161. The molecule has 1 aromatic carbocycles. The van der Waals surface area contributed by atoms with E-state index in [0.29, 0.717) is 13.1 Å². The third-order valence-corrected chi connectivity index (χ3v) is 3.56. The summed E-state index contributed by atoms with van der Waals surface area (Å²) in [5, 5.41) is -0.219. The van der Waals surface area contributed by atoms with Crippen molar-refractivity contribution < 1.29 is 13.9 Å². The summed E-state index contributed by atoms with van der Waals surface area (Å²) in [5.41, 5.74) is 5.44. The monoisotopic (exact) mass is 292 g/mol. The molecule has 0 spiro atoms. The Morgan fingerprint density at radius 2 is 1.94 bits per heavy atom. The van der Waals surface area contributed by atoms with Crippen LogP contribution in [0.1, 0.15) is 12.8 Å². The van der Waals surface area contributed by atoms with Gasteiger partial charge < -0.3 is 15.4 Å². The second-order valence-corrected chi connectivity index (χ2v) is 4.72. The molecule has 2 N–H and O–H groups in total. The van der Waals surface area contributed by atoms with Crippen molar-refractivity contribution in [3.05, 3.63) is 21.9 Å². The normalized spacial score (nSPS) is 14.9. The zero-order valence-corrected chi connectivity index (χ0v) is 10.9. The van der Waals surface area contributed by atoms with Crippen LogP contribution >= 0.6 is 23.2 Å². The lowest BCUT2D eigenvalue weighted by Gasteiger charge is -2.16. The Labute approximate surface area is 113 Å². The average Bonchev–Trinajstić information content (AvgIpc) is 2.85. The number of ether oxygens (including phenoxy) is 1. The van der Waals surface area contributed by atoms with Crippen LogP contribution in [0.5, 0.6) is 5.75 Å². The number of nitrogen functional groups attached to an aromatic ring is 1. The number of hydrogen-bond acceptors (Lipinski definition) is 3. The van der Waals surface area contributed by atoms with Gasteiger partial charge in [0.15, 0.2) is 11.6 Å². The van der Waals surface area contributed by atoms with Gasteiger partial charge in [-0.15, -0.1) is 0 Å². The smallest absolute Gasteiger partial charge is 0.405 e. The number of amides is 1. The van der Waals surface area contributed by atoms with E-state index in [-0.39, 0.29) is 21.5 Å². The van der Waals surface area contributed by atoms with Crippen LogP contribution in [0.2, 0.25) is 10.0 Å². The van der Waals surface area contributed by atoms with Gasteiger partial charge in [0.1, 0.15) is 5.02 Å². The van der Waals surface area contributed by atoms with Crippen LogP contribution in [-0.4, -0.2) is 24.1 Å². The van der Waals surface area contributed by atoms with Crippen LogP contribution in [0, 0.1) is 5.82 Å². The fourth-order valence-corrected chi connectivity index (χ4v) is 2.12. The molecule has 0 saturated carbocycles. The molecule has 1 amide bonds. The Morgan fingerprint density at radius 3 is 2.56 bits per heavy atom. The van der Waals surface area contributed by atoms with E-state index >= 15 is 0 Å². The molecule has 7 heteroatoms. The number of likely N-dealkylation sites (tertiary alicyclic amines) is 1. The molecular formula is C11H11Cl2FN2O2. The SMILES string of the molecule is Nc1cc(F)c(OC(=O)N2CCCC2)c(Cl)c1Cl. The summed E-state index contributed by atoms with van der Waals surface area (Å²) >= 11 is 11.6. The maximum absolute atomic E-state index is 13.6. The van der Waals surface area contributed by atoms with Gasteiger partial charge in [-0.1, -0.05) is 23.2 Å². The number of rotatable bonds is 1. The molecule has 18 heavy (non-hydrogen) atoms. The van der Waals surface area contributed by atoms with Gasteiger partial charge in [0.2, 0.25) is 0 Å². The molecule has 4 nitrogen and oxygen atoms in total. The largest absolute Gasteiger partial charge is 0.415 e. The van der Waals surface area contributed by atoms with Crippen molar-refractivity contribution in [2.24, 2.45) is 0 Å². The highest BCUT2D eigenvalue weighted by Gasteiger charge is 2.24. The van der Waals surface area contributed by atoms with Gasteiger partial charge in [0.05, 0.1) is 10.7 Å². The van der Waals surface area contributed by atoms with E-state index in [0.717, 1.165) is 18.9 Å². The molecule has 0 radical (unpaired) electrons. The summed E-state index contributed by atoms with van der Waals surface area (Å²) in [4.78, 5) is 13.2. The molecule has 0 aromatic heterocycles. The van der Waals surface area contributed by atoms with E-state index < -0.39 is 11.9 Å². The lowest BCUT2D eigenvalue weighted by Crippen LogP contribution is -2.30. The minimum atomic E-state index is -0.811. The Bertz CT molecular complexity index is 490. The summed E-state index contributed by atoms with van der Waals surface area (Å²) in [6, 6.07) is 0.973. The van der Waals surface area contributed by atoms with Crippen molar-refractivity contribution in [1.82, 2.24) is 4.90 Å². The lowest BCUT2D eigenvalue weighted by atomic mass is 10.3. The summed E-state index contributed by atoms with van der Waals surface area (Å²) in [6.45, 7) is 1.20. The Morgan fingerprint density at radius 1 is 1.33 bits per heavy atom. The first-order valence-corrected chi connectivity index (χ1v) is 6.16. The second kappa shape index (κ2) is 5.20. The van der Waals surface area contributed by atoms with Crippen LogP contribution < -0.4 is 10.5 Å². The molecule has 0 bridgehead atoms. The molecule has 0 atom stereocenters. The average molecular weight is 293 g/mol. The third kappa shape index (κ3) is 2.47. The number of carbonyl (C=O) groups is 1. The number of carbonyl (C=O) groups excluding carboxylic acids is 1. The van der Waals surface area contributed by atoms with Gasteiger partial charge in [0.25, 0.3) is 0 Å². The first-order valence-electron chi connectivity index (χ1n) is 5.40. The molecule has 1 saturated heterocycles. The van der Waals surface area contributed by atoms with Gasteiger partial charge in [-0.05, 0) is 12.8 Å². The predicted octanol–water partition coefficient (Wildman–Crippen LogP) is 3.31. The first-order chi connectivity index (χ1) is 8.50. The molecule has 1 aliphatic heterocycles. The molecular weight excluding hydrogens is 282 g/mol. The van der Waals surface area contributed by atoms with Crippen LogP contribution in [0.25, 0.3) is 0 Å². The summed E-state index contributed by atoms with van der Waals surface area (Å²) in [5.74, 6) is -1.19. The van der Waals surface area contributed by atoms with E-state index in [1.807, 2.05) is 0 Å². The van der Waals surface area contributed by atoms with E-state index in [4.69, 9.17) is 33.7 Å². The van der Waals surface area contributed by atoms with Gasteiger partial charge in [-0.3, -0.25) is 0 Å². The van der Waals surface area contributed by atoms with Crippen molar-refractivity contribution >= 4 is 35.0 Å². The van der Waals surface area contributed by atoms with Crippen LogP contribution in [-0.2, 0) is 0 Å². The number of benzene rings is 1. The number of nitrogens with two attached hydrogens (primary N) is 1. The maximum Gasteiger partial charge on any atom is 0.415 e. The Balaban J connectivity index is 2.23. The number of anilines is 1. The highest BCUT2D eigenvalue weighted by Crippen LogP contribution is 2.38. The van der Waals surface area contributed by atoms with E-state index in [9.17, 15) is 9.18 Å². The summed E-state index contributed by atoms with van der Waals surface area (Å²) < 4.78 is 18.6. The molecule has 1 heterocycles. The van der Waals surface area contributed by atoms with Crippen LogP contribution in [0.15, 0.2) is 6.07 Å². The topological polar surface area (TPSA) is 55.6 Å². The van der Waals surface area contributed by atoms with Crippen molar-refractivity contribution in [3.8, 4) is 5.75 Å². The van der Waals surface area contributed by atoms with E-state index in [1.54, 1.807) is 0 Å². The van der Waals surface area contributed by atoms with Crippen LogP contribution in [0.3, 0.4) is 0 Å².